The van der Waals surface area contributed by atoms with Crippen LogP contribution in [0.2, 0.25) is 18.1 Å². The summed E-state index contributed by atoms with van der Waals surface area (Å²) in [6.07, 6.45) is 1.14. The molecule has 0 unspecified atom stereocenters. The van der Waals surface area contributed by atoms with Crippen LogP contribution in [-0.4, -0.2) is 27.4 Å². The highest BCUT2D eigenvalue weighted by atomic mass is 127. The smallest absolute Gasteiger partial charge is 0.232 e. The highest BCUT2D eigenvalue weighted by molar-refractivity contribution is 14.1. The van der Waals surface area contributed by atoms with E-state index in [4.69, 9.17) is 9.16 Å². The number of rotatable bonds is 14. The molecule has 5 nitrogen and oxygen atoms in total. The van der Waals surface area contributed by atoms with Crippen molar-refractivity contribution in [1.82, 2.24) is 0 Å². The first-order valence-electron chi connectivity index (χ1n) is 12.8. The molecular weight excluding hydrogens is 613 g/mol. The van der Waals surface area contributed by atoms with E-state index < -0.39 is 18.3 Å². The lowest BCUT2D eigenvalue weighted by Gasteiger charge is -2.33. The van der Waals surface area contributed by atoms with Crippen molar-refractivity contribution >= 4 is 46.6 Å². The largest absolute Gasteiger partial charge is 0.487 e. The van der Waals surface area contributed by atoms with Gasteiger partial charge in [-0.3, -0.25) is 4.31 Å². The fourth-order valence-electron chi connectivity index (χ4n) is 4.41. The first kappa shape index (κ1) is 29.7. The zero-order valence-corrected chi connectivity index (χ0v) is 26.2. The lowest BCUT2D eigenvalue weighted by molar-refractivity contribution is 0.217. The molecule has 3 aromatic carbocycles. The van der Waals surface area contributed by atoms with E-state index in [-0.39, 0.29) is 12.6 Å². The van der Waals surface area contributed by atoms with Gasteiger partial charge in [0.15, 0.2) is 8.32 Å². The van der Waals surface area contributed by atoms with Crippen LogP contribution in [0.3, 0.4) is 0 Å². The Hall–Kier alpha value is -1.88. The van der Waals surface area contributed by atoms with Gasteiger partial charge in [0.25, 0.3) is 0 Å². The number of anilines is 1. The first-order valence-corrected chi connectivity index (χ1v) is 18.7. The van der Waals surface area contributed by atoms with E-state index >= 15 is 0 Å². The minimum absolute atomic E-state index is 0.104. The van der Waals surface area contributed by atoms with Crippen LogP contribution in [-0.2, 0) is 27.6 Å². The summed E-state index contributed by atoms with van der Waals surface area (Å²) in [4.78, 5) is 0. The maximum atomic E-state index is 13.1. The number of halogens is 1. The number of alkyl halides is 1. The number of hydrogen-bond donors (Lipinski definition) is 0. The molecule has 0 saturated carbocycles. The molecule has 0 aliphatic heterocycles. The van der Waals surface area contributed by atoms with E-state index in [0.717, 1.165) is 39.3 Å². The van der Waals surface area contributed by atoms with Gasteiger partial charge in [0.05, 0.1) is 24.6 Å². The van der Waals surface area contributed by atoms with Gasteiger partial charge in [0, 0.05) is 4.43 Å². The molecular formula is C29H38INO4SSi. The van der Waals surface area contributed by atoms with Crippen LogP contribution in [0.5, 0.6) is 5.75 Å². The van der Waals surface area contributed by atoms with Crippen molar-refractivity contribution in [1.29, 1.82) is 0 Å². The van der Waals surface area contributed by atoms with E-state index in [0.29, 0.717) is 18.0 Å². The zero-order valence-electron chi connectivity index (χ0n) is 22.2. The van der Waals surface area contributed by atoms with Gasteiger partial charge in [0.2, 0.25) is 10.0 Å². The number of sulfonamides is 1. The van der Waals surface area contributed by atoms with Crippen LogP contribution >= 0.6 is 22.6 Å². The minimum atomic E-state index is -3.60. The van der Waals surface area contributed by atoms with Crippen molar-refractivity contribution in [3.05, 3.63) is 95.6 Å². The molecule has 0 radical (unpaired) electrons. The van der Waals surface area contributed by atoms with Gasteiger partial charge in [-0.2, -0.15) is 0 Å². The third-order valence-corrected chi connectivity index (χ3v) is 13.5. The highest BCUT2D eigenvalue weighted by Crippen LogP contribution is 2.38. The zero-order chi connectivity index (χ0) is 26.9. The molecule has 0 aliphatic rings. The van der Waals surface area contributed by atoms with Crippen molar-refractivity contribution in [3.63, 3.8) is 0 Å². The fourth-order valence-corrected chi connectivity index (χ4v) is 9.14. The molecule has 0 heterocycles. The molecule has 3 aromatic rings. The Balaban J connectivity index is 2.06. The highest BCUT2D eigenvalue weighted by Gasteiger charge is 2.33. The molecule has 3 rings (SSSR count). The second-order valence-corrected chi connectivity index (χ2v) is 16.8. The maximum Gasteiger partial charge on any atom is 0.232 e. The third kappa shape index (κ3) is 8.05. The predicted octanol–water partition coefficient (Wildman–Crippen LogP) is 7.73. The summed E-state index contributed by atoms with van der Waals surface area (Å²) < 4.78 is 41.6. The Morgan fingerprint density at radius 1 is 0.865 bits per heavy atom. The van der Waals surface area contributed by atoms with E-state index in [1.54, 1.807) is 0 Å². The average molecular weight is 652 g/mol. The van der Waals surface area contributed by atoms with Crippen molar-refractivity contribution in [2.24, 2.45) is 0 Å². The Morgan fingerprint density at radius 3 is 1.95 bits per heavy atom. The van der Waals surface area contributed by atoms with Gasteiger partial charge in [-0.25, -0.2) is 8.42 Å². The number of benzene rings is 3. The Morgan fingerprint density at radius 2 is 1.43 bits per heavy atom. The number of nitrogens with zero attached hydrogens (tertiary/aromatic N) is 1. The summed E-state index contributed by atoms with van der Waals surface area (Å²) in [7, 11) is -5.47. The van der Waals surface area contributed by atoms with Crippen molar-refractivity contribution in [2.45, 2.75) is 58.2 Å². The molecule has 37 heavy (non-hydrogen) atoms. The summed E-state index contributed by atoms with van der Waals surface area (Å²) in [6, 6.07) is 28.6. The lowest BCUT2D eigenvalue weighted by atomic mass is 10.1. The van der Waals surface area contributed by atoms with Gasteiger partial charge in [-0.1, -0.05) is 110 Å². The maximum absolute atomic E-state index is 13.1. The normalized spacial score (nSPS) is 12.8. The van der Waals surface area contributed by atoms with Gasteiger partial charge in [0.1, 0.15) is 12.4 Å². The number of hydrogen-bond acceptors (Lipinski definition) is 4. The second-order valence-electron chi connectivity index (χ2n) is 9.26. The summed E-state index contributed by atoms with van der Waals surface area (Å²) in [5.74, 6) is 0.533. The van der Waals surface area contributed by atoms with Crippen molar-refractivity contribution < 1.29 is 17.6 Å². The first-order chi connectivity index (χ1) is 17.7. The third-order valence-electron chi connectivity index (χ3n) is 6.90. The molecule has 0 spiro atoms. The molecule has 0 fully saturated rings. The molecule has 0 saturated heterocycles. The van der Waals surface area contributed by atoms with Crippen LogP contribution in [0.1, 0.15) is 43.6 Å². The van der Waals surface area contributed by atoms with Crippen LogP contribution in [0, 0.1) is 0 Å². The van der Waals surface area contributed by atoms with Crippen LogP contribution in [0.25, 0.3) is 0 Å². The van der Waals surface area contributed by atoms with Crippen LogP contribution in [0.15, 0.2) is 78.9 Å². The quantitative estimate of drug-likeness (QED) is 0.102. The Kier molecular flexibility index (Phi) is 11.0. The second kappa shape index (κ2) is 13.8. The summed E-state index contributed by atoms with van der Waals surface area (Å²) in [5.41, 5.74) is 3.44. The van der Waals surface area contributed by atoms with Gasteiger partial charge in [-0.15, -0.1) is 0 Å². The van der Waals surface area contributed by atoms with E-state index in [9.17, 15) is 8.42 Å². The molecule has 1 atom stereocenters. The molecule has 200 valence electrons. The molecule has 0 bridgehead atoms. The standard InChI is InChI=1S/C29H38INO4SSi/c1-5-37(6-2,7-3)35-29(21-30)26-18-19-28(34-23-25-16-12-9-13-17-25)27(20-26)31(36(4,32)33)22-24-14-10-8-11-15-24/h8-20,29H,5-7,21-23H2,1-4H3/t29-/m0/s1. The predicted molar refractivity (Wildman–Crippen MR) is 165 cm³/mol. The Labute approximate surface area is 237 Å². The van der Waals surface area contributed by atoms with Gasteiger partial charge in [-0.05, 0) is 47.0 Å². The van der Waals surface area contributed by atoms with E-state index in [2.05, 4.69) is 43.4 Å². The Bertz CT molecular complexity index is 1210. The monoisotopic (exact) mass is 651 g/mol. The SMILES string of the molecule is CC[Si](CC)(CC)O[C@@H](CI)c1ccc(OCc2ccccc2)c(N(Cc2ccccc2)S(C)(=O)=O)c1. The van der Waals surface area contributed by atoms with Crippen molar-refractivity contribution in [3.8, 4) is 5.75 Å². The van der Waals surface area contributed by atoms with E-state index in [1.807, 2.05) is 78.9 Å². The topological polar surface area (TPSA) is 55.8 Å². The molecule has 8 heteroatoms. The molecule has 0 N–H and O–H groups in total. The van der Waals surface area contributed by atoms with Gasteiger partial charge >= 0.3 is 0 Å². The molecule has 0 aromatic heterocycles. The molecule has 0 amide bonds. The minimum Gasteiger partial charge on any atom is -0.487 e. The fraction of sp³-hybridized carbons (Fsp3) is 0.379. The van der Waals surface area contributed by atoms with Crippen LogP contribution in [0.4, 0.5) is 5.69 Å². The number of ether oxygens (including phenoxy) is 1. The lowest BCUT2D eigenvalue weighted by Crippen LogP contribution is -2.37. The van der Waals surface area contributed by atoms with E-state index in [1.165, 1.54) is 10.6 Å². The summed E-state index contributed by atoms with van der Waals surface area (Å²) in [5, 5.41) is 0. The van der Waals surface area contributed by atoms with Crippen molar-refractivity contribution in [2.75, 3.05) is 15.0 Å². The summed E-state index contributed by atoms with van der Waals surface area (Å²) in [6.45, 7) is 7.24. The summed E-state index contributed by atoms with van der Waals surface area (Å²) >= 11 is 2.37. The van der Waals surface area contributed by atoms with Crippen LogP contribution < -0.4 is 9.04 Å². The average Bonchev–Trinajstić information content (AvgIpc) is 2.92. The van der Waals surface area contributed by atoms with Gasteiger partial charge < -0.3 is 9.16 Å². The molecule has 0 aliphatic carbocycles.